The van der Waals surface area contributed by atoms with Crippen LogP contribution >= 0.6 is 12.4 Å². The SMILES string of the molecule is Cc1ccc(S(=O)(=O)N2CCNC(C)C2C)cc1F.Cl. The van der Waals surface area contributed by atoms with Gasteiger partial charge in [-0.3, -0.25) is 0 Å². The maximum atomic E-state index is 13.6. The van der Waals surface area contributed by atoms with Gasteiger partial charge in [0, 0.05) is 25.2 Å². The topological polar surface area (TPSA) is 49.4 Å². The molecule has 1 aromatic carbocycles. The van der Waals surface area contributed by atoms with Gasteiger partial charge in [-0.25, -0.2) is 12.8 Å². The van der Waals surface area contributed by atoms with Crippen molar-refractivity contribution >= 4 is 22.4 Å². The number of piperazine rings is 1. The third-order valence-electron chi connectivity index (χ3n) is 3.73. The number of nitrogens with zero attached hydrogens (tertiary/aromatic N) is 1. The average Bonchev–Trinajstić information content (AvgIpc) is 2.35. The molecule has 7 heteroatoms. The molecule has 4 nitrogen and oxygen atoms in total. The Bertz CT molecular complexity index is 580. The number of rotatable bonds is 2. The van der Waals surface area contributed by atoms with Gasteiger partial charge in [0.15, 0.2) is 0 Å². The highest BCUT2D eigenvalue weighted by molar-refractivity contribution is 7.89. The summed E-state index contributed by atoms with van der Waals surface area (Å²) in [6, 6.07) is 4.00. The lowest BCUT2D eigenvalue weighted by atomic mass is 10.1. The number of nitrogens with one attached hydrogen (secondary N) is 1. The van der Waals surface area contributed by atoms with Crippen LogP contribution < -0.4 is 5.32 Å². The molecule has 114 valence electrons. The van der Waals surface area contributed by atoms with E-state index in [1.807, 2.05) is 13.8 Å². The van der Waals surface area contributed by atoms with Gasteiger partial charge in [0.25, 0.3) is 0 Å². The average molecular weight is 323 g/mol. The van der Waals surface area contributed by atoms with Crippen molar-refractivity contribution in [3.05, 3.63) is 29.6 Å². The van der Waals surface area contributed by atoms with E-state index < -0.39 is 15.8 Å². The molecule has 20 heavy (non-hydrogen) atoms. The van der Waals surface area contributed by atoms with Crippen molar-refractivity contribution in [2.75, 3.05) is 13.1 Å². The van der Waals surface area contributed by atoms with Crippen molar-refractivity contribution in [2.45, 2.75) is 37.8 Å². The first-order valence-electron chi connectivity index (χ1n) is 6.35. The number of aryl methyl sites for hydroxylation is 1. The zero-order valence-corrected chi connectivity index (χ0v) is 13.4. The zero-order valence-electron chi connectivity index (χ0n) is 11.8. The largest absolute Gasteiger partial charge is 0.311 e. The van der Waals surface area contributed by atoms with Crippen molar-refractivity contribution in [1.29, 1.82) is 0 Å². The highest BCUT2D eigenvalue weighted by Gasteiger charge is 2.34. The summed E-state index contributed by atoms with van der Waals surface area (Å²) >= 11 is 0. The van der Waals surface area contributed by atoms with Crippen LogP contribution in [0.3, 0.4) is 0 Å². The summed E-state index contributed by atoms with van der Waals surface area (Å²) in [5.41, 5.74) is 0.445. The lowest BCUT2D eigenvalue weighted by Crippen LogP contribution is -2.57. The zero-order chi connectivity index (χ0) is 14.2. The highest BCUT2D eigenvalue weighted by Crippen LogP contribution is 2.22. The Labute approximate surface area is 125 Å². The fraction of sp³-hybridized carbons (Fsp3) is 0.538. The van der Waals surface area contributed by atoms with Crippen molar-refractivity contribution in [3.8, 4) is 0 Å². The Balaban J connectivity index is 0.00000200. The first kappa shape index (κ1) is 17.4. The second kappa shape index (κ2) is 6.39. The van der Waals surface area contributed by atoms with Gasteiger partial charge in [0.05, 0.1) is 4.90 Å². The van der Waals surface area contributed by atoms with Gasteiger partial charge in [-0.05, 0) is 38.5 Å². The first-order chi connectivity index (χ1) is 8.84. The Kier molecular flexibility index (Phi) is 5.54. The summed E-state index contributed by atoms with van der Waals surface area (Å²) in [6.07, 6.45) is 0. The third kappa shape index (κ3) is 3.14. The molecule has 0 spiro atoms. The van der Waals surface area contributed by atoms with E-state index in [0.717, 1.165) is 6.07 Å². The summed E-state index contributed by atoms with van der Waals surface area (Å²) < 4.78 is 40.1. The Morgan fingerprint density at radius 2 is 2.00 bits per heavy atom. The standard InChI is InChI=1S/C13H19FN2O2S.ClH/c1-9-4-5-12(8-13(9)14)19(17,18)16-7-6-15-10(2)11(16)3;/h4-5,8,10-11,15H,6-7H2,1-3H3;1H. The van der Waals surface area contributed by atoms with E-state index >= 15 is 0 Å². The molecule has 0 aliphatic carbocycles. The molecule has 2 rings (SSSR count). The first-order valence-corrected chi connectivity index (χ1v) is 7.79. The minimum absolute atomic E-state index is 0. The van der Waals surface area contributed by atoms with Gasteiger partial charge in [-0.2, -0.15) is 4.31 Å². The van der Waals surface area contributed by atoms with Crippen LogP contribution in [-0.2, 0) is 10.0 Å². The molecule has 1 saturated heterocycles. The molecule has 1 aliphatic rings. The van der Waals surface area contributed by atoms with Crippen LogP contribution in [0.25, 0.3) is 0 Å². The molecule has 0 aromatic heterocycles. The van der Waals surface area contributed by atoms with Crippen LogP contribution in [0.5, 0.6) is 0 Å². The molecule has 0 amide bonds. The van der Waals surface area contributed by atoms with Crippen molar-refractivity contribution in [2.24, 2.45) is 0 Å². The van der Waals surface area contributed by atoms with Crippen molar-refractivity contribution in [1.82, 2.24) is 9.62 Å². The molecule has 1 heterocycles. The minimum Gasteiger partial charge on any atom is -0.311 e. The van der Waals surface area contributed by atoms with E-state index in [1.165, 1.54) is 16.4 Å². The van der Waals surface area contributed by atoms with E-state index in [2.05, 4.69) is 5.32 Å². The quantitative estimate of drug-likeness (QED) is 0.905. The van der Waals surface area contributed by atoms with Crippen LogP contribution in [0.15, 0.2) is 23.1 Å². The Morgan fingerprint density at radius 3 is 2.60 bits per heavy atom. The lowest BCUT2D eigenvalue weighted by Gasteiger charge is -2.37. The van der Waals surface area contributed by atoms with Gasteiger partial charge < -0.3 is 5.32 Å². The number of sulfonamides is 1. The minimum atomic E-state index is -3.63. The summed E-state index contributed by atoms with van der Waals surface area (Å²) in [5, 5.41) is 3.23. The maximum absolute atomic E-state index is 13.6. The van der Waals surface area contributed by atoms with Gasteiger partial charge in [-0.1, -0.05) is 6.07 Å². The molecule has 0 bridgehead atoms. The van der Waals surface area contributed by atoms with E-state index in [1.54, 1.807) is 6.92 Å². The van der Waals surface area contributed by atoms with Gasteiger partial charge in [0.2, 0.25) is 10.0 Å². The lowest BCUT2D eigenvalue weighted by molar-refractivity contribution is 0.233. The van der Waals surface area contributed by atoms with Crippen LogP contribution in [0, 0.1) is 12.7 Å². The summed E-state index contributed by atoms with van der Waals surface area (Å²) in [4.78, 5) is 0.0246. The molecular weight excluding hydrogens is 303 g/mol. The molecule has 1 aromatic rings. The van der Waals surface area contributed by atoms with Gasteiger partial charge >= 0.3 is 0 Å². The van der Waals surface area contributed by atoms with Crippen LogP contribution in [0.4, 0.5) is 4.39 Å². The van der Waals surface area contributed by atoms with Gasteiger partial charge in [-0.15, -0.1) is 12.4 Å². The van der Waals surface area contributed by atoms with Crippen molar-refractivity contribution < 1.29 is 12.8 Å². The second-order valence-electron chi connectivity index (χ2n) is 5.01. The molecule has 2 unspecified atom stereocenters. The fourth-order valence-corrected chi connectivity index (χ4v) is 3.95. The highest BCUT2D eigenvalue weighted by atomic mass is 35.5. The van der Waals surface area contributed by atoms with Crippen LogP contribution in [-0.4, -0.2) is 37.9 Å². The van der Waals surface area contributed by atoms with Crippen LogP contribution in [0.2, 0.25) is 0 Å². The van der Waals surface area contributed by atoms with Gasteiger partial charge in [0.1, 0.15) is 5.82 Å². The predicted octanol–water partition coefficient (Wildman–Crippen LogP) is 1.93. The Morgan fingerprint density at radius 1 is 1.35 bits per heavy atom. The fourth-order valence-electron chi connectivity index (χ4n) is 2.23. The molecule has 1 aliphatic heterocycles. The number of hydrogen-bond donors (Lipinski definition) is 1. The summed E-state index contributed by atoms with van der Waals surface area (Å²) in [5.74, 6) is -0.489. The smallest absolute Gasteiger partial charge is 0.243 e. The van der Waals surface area contributed by atoms with E-state index in [-0.39, 0.29) is 29.4 Å². The molecule has 1 N–H and O–H groups in total. The second-order valence-corrected chi connectivity index (χ2v) is 6.90. The summed E-state index contributed by atoms with van der Waals surface area (Å²) in [7, 11) is -3.63. The molecular formula is C13H20ClFN2O2S. The van der Waals surface area contributed by atoms with E-state index in [0.29, 0.717) is 18.7 Å². The third-order valence-corrected chi connectivity index (χ3v) is 5.71. The number of benzene rings is 1. The molecule has 1 fully saturated rings. The van der Waals surface area contributed by atoms with Crippen LogP contribution in [0.1, 0.15) is 19.4 Å². The summed E-state index contributed by atoms with van der Waals surface area (Å²) in [6.45, 7) is 6.44. The predicted molar refractivity (Wildman–Crippen MR) is 79.2 cm³/mol. The number of hydrogen-bond acceptors (Lipinski definition) is 3. The molecule has 0 radical (unpaired) electrons. The Hall–Kier alpha value is -0.690. The molecule has 0 saturated carbocycles. The normalized spacial score (nSPS) is 24.2. The van der Waals surface area contributed by atoms with E-state index in [4.69, 9.17) is 0 Å². The van der Waals surface area contributed by atoms with Crippen molar-refractivity contribution in [3.63, 3.8) is 0 Å². The molecule has 2 atom stereocenters. The number of halogens is 2. The monoisotopic (exact) mass is 322 g/mol. The maximum Gasteiger partial charge on any atom is 0.243 e. The van der Waals surface area contributed by atoms with E-state index in [9.17, 15) is 12.8 Å².